The number of ketones is 1. The van der Waals surface area contributed by atoms with Gasteiger partial charge < -0.3 is 19.3 Å². The Balaban J connectivity index is 2.28. The third-order valence-electron chi connectivity index (χ3n) is 4.17. The second-order valence-corrected chi connectivity index (χ2v) is 4.78. The van der Waals surface area contributed by atoms with E-state index in [0.717, 1.165) is 0 Å². The van der Waals surface area contributed by atoms with E-state index in [2.05, 4.69) is 6.58 Å². The van der Waals surface area contributed by atoms with E-state index in [1.54, 1.807) is 0 Å². The van der Waals surface area contributed by atoms with Gasteiger partial charge in [-0.3, -0.25) is 4.79 Å². The van der Waals surface area contributed by atoms with Crippen LogP contribution in [0.5, 0.6) is 0 Å². The molecule has 98 valence electrons. The van der Waals surface area contributed by atoms with Crippen molar-refractivity contribution in [3.63, 3.8) is 0 Å². The molecule has 3 rings (SSSR count). The highest BCUT2D eigenvalue weighted by Crippen LogP contribution is 2.61. The maximum absolute atomic E-state index is 12.6. The Morgan fingerprint density at radius 2 is 2.28 bits per heavy atom. The van der Waals surface area contributed by atoms with Crippen LogP contribution in [0.3, 0.4) is 0 Å². The first-order valence-corrected chi connectivity index (χ1v) is 5.82. The van der Waals surface area contributed by atoms with E-state index in [1.165, 1.54) is 14.2 Å². The van der Waals surface area contributed by atoms with Gasteiger partial charge in [0.1, 0.15) is 0 Å². The van der Waals surface area contributed by atoms with Gasteiger partial charge in [-0.2, -0.15) is 0 Å². The Morgan fingerprint density at radius 1 is 1.56 bits per heavy atom. The minimum atomic E-state index is -1.79. The molecule has 2 aliphatic carbocycles. The van der Waals surface area contributed by atoms with E-state index >= 15 is 0 Å². The summed E-state index contributed by atoms with van der Waals surface area (Å²) in [4.78, 5) is 12.6. The molecule has 0 aromatic heterocycles. The third-order valence-corrected chi connectivity index (χ3v) is 4.17. The Morgan fingerprint density at radius 3 is 2.89 bits per heavy atom. The van der Waals surface area contributed by atoms with Crippen LogP contribution in [0.25, 0.3) is 0 Å². The molecule has 0 amide bonds. The summed E-state index contributed by atoms with van der Waals surface area (Å²) in [7, 11) is 2.70. The van der Waals surface area contributed by atoms with Crippen LogP contribution >= 0.6 is 0 Å². The minimum Gasteiger partial charge on any atom is -0.494 e. The Bertz CT molecular complexity index is 513. The molecule has 5 nitrogen and oxygen atoms in total. The fourth-order valence-electron chi connectivity index (χ4n) is 3.41. The van der Waals surface area contributed by atoms with Gasteiger partial charge in [-0.1, -0.05) is 6.58 Å². The number of aliphatic hydroxyl groups is 1. The second kappa shape index (κ2) is 3.36. The first-order chi connectivity index (χ1) is 8.96. The molecule has 1 saturated carbocycles. The average Bonchev–Trinajstić information content (AvgIpc) is 2.97. The van der Waals surface area contributed by atoms with Crippen LogP contribution in [-0.2, 0) is 19.0 Å². The average molecular weight is 253 g/mol. The summed E-state index contributed by atoms with van der Waals surface area (Å²) in [5, 5.41) is 11.0. The van der Waals surface area contributed by atoms with Gasteiger partial charge in [0.05, 0.1) is 14.2 Å². The Kier molecular flexibility index (Phi) is 1.98. The van der Waals surface area contributed by atoms with Gasteiger partial charge in [-0.05, 0) is 18.4 Å². The molecule has 4 atom stereocenters. The van der Waals surface area contributed by atoms with Crippen molar-refractivity contribution in [3.8, 4) is 0 Å². The van der Waals surface area contributed by atoms with Gasteiger partial charge in [-0.15, -0.1) is 0 Å². The van der Waals surface area contributed by atoms with E-state index in [-0.39, 0.29) is 17.1 Å². The normalized spacial score (nSPS) is 47.2. The minimum absolute atomic E-state index is 0.00616. The zero-order chi connectivity index (χ0) is 14.0. The van der Waals surface area contributed by atoms with Crippen molar-refractivity contribution in [1.29, 1.82) is 0 Å². The zero-order valence-corrected chi connectivity index (χ0v) is 10.4. The van der Waals surface area contributed by atoms with E-state index < -0.39 is 29.3 Å². The summed E-state index contributed by atoms with van der Waals surface area (Å²) in [5.74, 6) is -0.903. The number of hydrogen-bond donors (Lipinski definition) is 1. The first kappa shape index (κ1) is 10.6. The topological polar surface area (TPSA) is 65.0 Å². The highest BCUT2D eigenvalue weighted by Gasteiger charge is 2.76. The van der Waals surface area contributed by atoms with Crippen LogP contribution < -0.4 is 0 Å². The quantitative estimate of drug-likeness (QED) is 0.728. The van der Waals surface area contributed by atoms with Crippen LogP contribution in [0.1, 0.15) is 14.2 Å². The van der Waals surface area contributed by atoms with Crippen molar-refractivity contribution in [2.45, 2.75) is 24.0 Å². The predicted octanol–water partition coefficient (Wildman–Crippen LogP) is 0.540. The molecule has 0 aromatic carbocycles. The summed E-state index contributed by atoms with van der Waals surface area (Å²) in [6, 6.07) is 0. The smallest absolute Gasteiger partial charge is 0.236 e. The molecule has 1 heterocycles. The highest BCUT2D eigenvalue weighted by atomic mass is 16.6. The van der Waals surface area contributed by atoms with E-state index in [0.29, 0.717) is 13.0 Å². The van der Waals surface area contributed by atoms with Gasteiger partial charge >= 0.3 is 0 Å². The zero-order valence-electron chi connectivity index (χ0n) is 11.4. The van der Waals surface area contributed by atoms with Crippen LogP contribution in [0.2, 0.25) is 0 Å². The first-order valence-electron chi connectivity index (χ1n) is 6.40. The lowest BCUT2D eigenvalue weighted by molar-refractivity contribution is -0.157. The molecule has 3 aliphatic rings. The van der Waals surface area contributed by atoms with Crippen LogP contribution in [0, 0.1) is 5.92 Å². The number of ether oxygens (including phenoxy) is 3. The summed E-state index contributed by atoms with van der Waals surface area (Å²) in [6.45, 7) is 4.12. The molecule has 2 fully saturated rings. The molecule has 1 N–H and O–H groups in total. The third kappa shape index (κ3) is 0.917. The maximum Gasteiger partial charge on any atom is 0.236 e. The maximum atomic E-state index is 12.6. The highest BCUT2D eigenvalue weighted by molar-refractivity contribution is 6.07. The Hall–Kier alpha value is -1.33. The molecule has 18 heavy (non-hydrogen) atoms. The van der Waals surface area contributed by atoms with Crippen molar-refractivity contribution >= 4 is 5.78 Å². The van der Waals surface area contributed by atoms with Crippen LogP contribution in [0.4, 0.5) is 0 Å². The summed E-state index contributed by atoms with van der Waals surface area (Å²) >= 11 is 0. The number of rotatable bonds is 2. The summed E-state index contributed by atoms with van der Waals surface area (Å²) in [6.07, 6.45) is -0.213. The van der Waals surface area contributed by atoms with Crippen molar-refractivity contribution in [1.82, 2.24) is 0 Å². The Labute approximate surface area is 106 Å². The van der Waals surface area contributed by atoms with E-state index in [1.807, 2.05) is 0 Å². The van der Waals surface area contributed by atoms with Crippen LogP contribution in [0.15, 0.2) is 23.7 Å². The fraction of sp³-hybridized carbons (Fsp3) is 0.615. The predicted molar refractivity (Wildman–Crippen MR) is 61.5 cm³/mol. The number of methoxy groups -OCH3 is 2. The van der Waals surface area contributed by atoms with Crippen molar-refractivity contribution < 1.29 is 25.5 Å². The lowest BCUT2D eigenvalue weighted by Crippen LogP contribution is -2.55. The van der Waals surface area contributed by atoms with Gasteiger partial charge in [0.2, 0.25) is 11.5 Å². The molecule has 5 heteroatoms. The molecular weight excluding hydrogens is 236 g/mol. The van der Waals surface area contributed by atoms with Gasteiger partial charge in [0, 0.05) is 13.9 Å². The van der Waals surface area contributed by atoms with E-state index in [9.17, 15) is 9.90 Å². The monoisotopic (exact) mass is 253 g/mol. The van der Waals surface area contributed by atoms with Crippen molar-refractivity contribution in [2.75, 3.05) is 20.8 Å². The van der Waals surface area contributed by atoms with Crippen molar-refractivity contribution in [2.24, 2.45) is 5.92 Å². The SMILES string of the molecule is [2H][C@H]1C(=C)[C@]2(O)C(OC)=C(OC)C(=O)[C@@]23OCC[C@@H]13. The van der Waals surface area contributed by atoms with Crippen LogP contribution in [-0.4, -0.2) is 42.9 Å². The lowest BCUT2D eigenvalue weighted by atomic mass is 9.81. The van der Waals surface area contributed by atoms with E-state index in [4.69, 9.17) is 15.6 Å². The fourth-order valence-corrected chi connectivity index (χ4v) is 3.41. The van der Waals surface area contributed by atoms with Gasteiger partial charge in [0.25, 0.3) is 0 Å². The molecule has 0 radical (unpaired) electrons. The summed E-state index contributed by atoms with van der Waals surface area (Å²) in [5.41, 5.74) is -3.06. The molecule has 0 unspecified atom stereocenters. The second-order valence-electron chi connectivity index (χ2n) is 4.78. The number of carbonyl (C=O) groups excluding carboxylic acids is 1. The largest absolute Gasteiger partial charge is 0.494 e. The number of carbonyl (C=O) groups is 1. The molecule has 1 spiro atoms. The standard InChI is InChI=1S/C13H16O5/c1-7-6-8-4-5-18-13(8)10(14)9(16-2)11(17-3)12(7,13)15/h8,15H,1,4-6H2,2-3H3/t8-,12-,13+/m0/s1/i6D/t6-,8-,12-,13+. The molecule has 0 bridgehead atoms. The number of hydrogen-bond acceptors (Lipinski definition) is 5. The molecular formula is C13H16O5. The molecule has 1 aliphatic heterocycles. The van der Waals surface area contributed by atoms with Crippen molar-refractivity contribution in [3.05, 3.63) is 23.7 Å². The molecule has 1 saturated heterocycles. The van der Waals surface area contributed by atoms with Gasteiger partial charge in [0.15, 0.2) is 17.0 Å². The van der Waals surface area contributed by atoms with Gasteiger partial charge in [-0.25, -0.2) is 0 Å². The molecule has 0 aromatic rings. The summed E-state index contributed by atoms with van der Waals surface area (Å²) < 4.78 is 24.0. The lowest BCUT2D eigenvalue weighted by Gasteiger charge is -2.34. The number of Topliss-reactive ketones (excluding diaryl/α,β-unsaturated/α-hetero) is 1.